The summed E-state index contributed by atoms with van der Waals surface area (Å²) in [5.41, 5.74) is 2.53. The third kappa shape index (κ3) is 4.68. The molecule has 0 spiro atoms. The van der Waals surface area contributed by atoms with Crippen LogP contribution in [0.25, 0.3) is 0 Å². The van der Waals surface area contributed by atoms with Crippen LogP contribution in [0.1, 0.15) is 11.1 Å². The maximum Gasteiger partial charge on any atom is 0.229 e. The van der Waals surface area contributed by atoms with Crippen molar-refractivity contribution in [3.8, 4) is 0 Å². The van der Waals surface area contributed by atoms with E-state index in [-0.39, 0.29) is 0 Å². The molecule has 1 aliphatic rings. The molecule has 6 heteroatoms. The van der Waals surface area contributed by atoms with Gasteiger partial charge in [-0.25, -0.2) is 15.0 Å². The molecule has 0 fully saturated rings. The van der Waals surface area contributed by atoms with Gasteiger partial charge in [-0.2, -0.15) is 0 Å². The fraction of sp³-hybridized carbons (Fsp3) is 0.190. The van der Waals surface area contributed by atoms with Gasteiger partial charge in [0, 0.05) is 25.5 Å². The van der Waals surface area contributed by atoms with Crippen molar-refractivity contribution in [1.82, 2.24) is 19.8 Å². The lowest BCUT2D eigenvalue weighted by Gasteiger charge is -2.36. The molecule has 0 atom stereocenters. The molecule has 1 aromatic heterocycles. The number of hydrogen-bond acceptors (Lipinski definition) is 6. The Hall–Kier alpha value is -3.25. The number of hydrogen-bond donors (Lipinski definition) is 1. The third-order valence-corrected chi connectivity index (χ3v) is 4.35. The molecular weight excluding hydrogens is 336 g/mol. The van der Waals surface area contributed by atoms with E-state index in [4.69, 9.17) is 4.99 Å². The highest BCUT2D eigenvalue weighted by atomic mass is 15.5. The molecule has 0 saturated heterocycles. The normalized spacial score (nSPS) is 14.7. The maximum atomic E-state index is 4.76. The second-order valence-corrected chi connectivity index (χ2v) is 6.46. The average Bonchev–Trinajstić information content (AvgIpc) is 2.72. The summed E-state index contributed by atoms with van der Waals surface area (Å²) in [5.74, 6) is 1.36. The summed E-state index contributed by atoms with van der Waals surface area (Å²) in [4.78, 5) is 17.8. The second kappa shape index (κ2) is 8.42. The molecule has 2 heterocycles. The minimum absolute atomic E-state index is 0.561. The predicted molar refractivity (Wildman–Crippen MR) is 107 cm³/mol. The summed E-state index contributed by atoms with van der Waals surface area (Å²) in [5, 5.41) is 3.26. The van der Waals surface area contributed by atoms with E-state index < -0.39 is 0 Å². The molecule has 3 aromatic rings. The maximum absolute atomic E-state index is 4.76. The molecular formula is C21H22N6. The van der Waals surface area contributed by atoms with E-state index in [2.05, 4.69) is 73.6 Å². The van der Waals surface area contributed by atoms with Crippen LogP contribution in [0.15, 0.2) is 84.1 Å². The van der Waals surface area contributed by atoms with Crippen LogP contribution in [0.5, 0.6) is 0 Å². The van der Waals surface area contributed by atoms with Crippen LogP contribution in [0, 0.1) is 0 Å². The fourth-order valence-corrected chi connectivity index (χ4v) is 3.07. The van der Waals surface area contributed by atoms with Crippen molar-refractivity contribution in [2.24, 2.45) is 4.99 Å². The number of anilines is 1. The quantitative estimate of drug-likeness (QED) is 0.759. The Morgan fingerprint density at radius 1 is 0.778 bits per heavy atom. The Morgan fingerprint density at radius 2 is 1.41 bits per heavy atom. The van der Waals surface area contributed by atoms with E-state index in [0.29, 0.717) is 12.6 Å². The van der Waals surface area contributed by atoms with E-state index in [9.17, 15) is 0 Å². The Morgan fingerprint density at radius 3 is 2.07 bits per heavy atom. The standard InChI is InChI=1S/C21H22N6/c1-3-8-18(9-4-1)14-26-16-24-21(25-20-22-12-7-13-23-20)27(17-26)15-19-10-5-2-6-11-19/h1-13H,14-17H2,(H,22,23,24,25). The van der Waals surface area contributed by atoms with Crippen molar-refractivity contribution in [1.29, 1.82) is 0 Å². The zero-order chi connectivity index (χ0) is 18.3. The highest BCUT2D eigenvalue weighted by Crippen LogP contribution is 2.14. The van der Waals surface area contributed by atoms with Crippen LogP contribution in [0.4, 0.5) is 5.95 Å². The van der Waals surface area contributed by atoms with Crippen molar-refractivity contribution in [2.75, 3.05) is 18.7 Å². The van der Waals surface area contributed by atoms with Crippen LogP contribution in [0.3, 0.4) is 0 Å². The molecule has 2 aromatic carbocycles. The molecule has 0 radical (unpaired) electrons. The van der Waals surface area contributed by atoms with Crippen LogP contribution in [-0.2, 0) is 13.1 Å². The zero-order valence-corrected chi connectivity index (χ0v) is 15.1. The largest absolute Gasteiger partial charge is 0.325 e. The molecule has 0 bridgehead atoms. The molecule has 0 unspecified atom stereocenters. The van der Waals surface area contributed by atoms with E-state index in [0.717, 1.165) is 25.7 Å². The number of aromatic nitrogens is 2. The third-order valence-electron chi connectivity index (χ3n) is 4.35. The second-order valence-electron chi connectivity index (χ2n) is 6.46. The summed E-state index contributed by atoms with van der Waals surface area (Å²) >= 11 is 0. The molecule has 0 amide bonds. The summed E-state index contributed by atoms with van der Waals surface area (Å²) in [6.07, 6.45) is 3.45. The van der Waals surface area contributed by atoms with Gasteiger partial charge in [-0.05, 0) is 17.2 Å². The number of nitrogens with zero attached hydrogens (tertiary/aromatic N) is 5. The Balaban J connectivity index is 1.52. The highest BCUT2D eigenvalue weighted by Gasteiger charge is 2.21. The molecule has 0 aliphatic carbocycles. The predicted octanol–water partition coefficient (Wildman–Crippen LogP) is 3.18. The van der Waals surface area contributed by atoms with Gasteiger partial charge in [-0.1, -0.05) is 60.7 Å². The number of aliphatic imine (C=N–C) groups is 1. The molecule has 1 aliphatic heterocycles. The Bertz CT molecular complexity index is 867. The van der Waals surface area contributed by atoms with Crippen LogP contribution < -0.4 is 5.32 Å². The first-order chi connectivity index (χ1) is 13.4. The average molecular weight is 358 g/mol. The van der Waals surface area contributed by atoms with Crippen molar-refractivity contribution >= 4 is 11.9 Å². The lowest BCUT2D eigenvalue weighted by atomic mass is 10.2. The monoisotopic (exact) mass is 358 g/mol. The van der Waals surface area contributed by atoms with Crippen molar-refractivity contribution in [2.45, 2.75) is 13.1 Å². The highest BCUT2D eigenvalue weighted by molar-refractivity contribution is 5.92. The van der Waals surface area contributed by atoms with E-state index in [1.54, 1.807) is 18.5 Å². The lowest BCUT2D eigenvalue weighted by molar-refractivity contribution is 0.161. The number of benzene rings is 2. The first-order valence-corrected chi connectivity index (χ1v) is 9.00. The smallest absolute Gasteiger partial charge is 0.229 e. The van der Waals surface area contributed by atoms with Gasteiger partial charge in [-0.3, -0.25) is 10.2 Å². The number of rotatable bonds is 5. The van der Waals surface area contributed by atoms with Gasteiger partial charge in [0.2, 0.25) is 11.9 Å². The number of nitrogens with one attached hydrogen (secondary N) is 1. The topological polar surface area (TPSA) is 56.6 Å². The first-order valence-electron chi connectivity index (χ1n) is 9.00. The number of guanidine groups is 1. The molecule has 136 valence electrons. The van der Waals surface area contributed by atoms with Gasteiger partial charge in [0.25, 0.3) is 0 Å². The van der Waals surface area contributed by atoms with Crippen molar-refractivity contribution in [3.05, 3.63) is 90.3 Å². The first kappa shape index (κ1) is 17.2. The minimum atomic E-state index is 0.561. The molecule has 0 saturated carbocycles. The van der Waals surface area contributed by atoms with Gasteiger partial charge in [0.05, 0.1) is 13.3 Å². The summed E-state index contributed by atoms with van der Waals surface area (Å²) in [6.45, 7) is 3.05. The zero-order valence-electron chi connectivity index (χ0n) is 15.1. The van der Waals surface area contributed by atoms with Crippen LogP contribution in [0.2, 0.25) is 0 Å². The van der Waals surface area contributed by atoms with E-state index in [1.165, 1.54) is 11.1 Å². The van der Waals surface area contributed by atoms with Crippen molar-refractivity contribution in [3.63, 3.8) is 0 Å². The summed E-state index contributed by atoms with van der Waals surface area (Å²) < 4.78 is 0. The lowest BCUT2D eigenvalue weighted by Crippen LogP contribution is -2.48. The van der Waals surface area contributed by atoms with Gasteiger partial charge < -0.3 is 4.90 Å². The minimum Gasteiger partial charge on any atom is -0.325 e. The SMILES string of the molecule is c1ccc(CN2CN=C(Nc3ncccn3)N(Cc3ccccc3)C2)cc1. The van der Waals surface area contributed by atoms with E-state index in [1.807, 2.05) is 12.1 Å². The Kier molecular flexibility index (Phi) is 5.36. The van der Waals surface area contributed by atoms with E-state index >= 15 is 0 Å². The molecule has 27 heavy (non-hydrogen) atoms. The summed E-state index contributed by atoms with van der Waals surface area (Å²) in [6, 6.07) is 22.7. The molecule has 6 nitrogen and oxygen atoms in total. The van der Waals surface area contributed by atoms with Crippen LogP contribution in [-0.4, -0.2) is 39.1 Å². The fourth-order valence-electron chi connectivity index (χ4n) is 3.07. The summed E-state index contributed by atoms with van der Waals surface area (Å²) in [7, 11) is 0. The molecule has 4 rings (SSSR count). The molecule has 1 N–H and O–H groups in total. The van der Waals surface area contributed by atoms with Gasteiger partial charge in [-0.15, -0.1) is 0 Å². The van der Waals surface area contributed by atoms with Gasteiger partial charge in [0.1, 0.15) is 0 Å². The van der Waals surface area contributed by atoms with Gasteiger partial charge >= 0.3 is 0 Å². The van der Waals surface area contributed by atoms with Crippen molar-refractivity contribution < 1.29 is 0 Å². The van der Waals surface area contributed by atoms with Gasteiger partial charge in [0.15, 0.2) is 0 Å². The van der Waals surface area contributed by atoms with Crippen LogP contribution >= 0.6 is 0 Å². The Labute approximate surface area is 159 Å².